The van der Waals surface area contributed by atoms with Crippen LogP contribution < -0.4 is 47.4 Å². The summed E-state index contributed by atoms with van der Waals surface area (Å²) in [7, 11) is -16.5. The number of phenolic OH excluding ortho intramolecular Hbond substituents is 3. The molecule has 0 saturated carbocycles. The third-order valence-electron chi connectivity index (χ3n) is 14.9. The van der Waals surface area contributed by atoms with Crippen LogP contribution in [0.15, 0.2) is 258 Å². The van der Waals surface area contributed by atoms with Gasteiger partial charge in [-0.2, -0.15) is 21.9 Å². The van der Waals surface area contributed by atoms with Crippen molar-refractivity contribution in [1.82, 2.24) is 29.5 Å². The van der Waals surface area contributed by atoms with Gasteiger partial charge in [0.15, 0.2) is 21.2 Å². The number of nitrogens with zero attached hydrogens (tertiary/aromatic N) is 10. The Balaban J connectivity index is 0.000000187. The second-order valence-corrected chi connectivity index (χ2v) is 28.3. The number of phenols is 3. The smallest absolute Gasteiger partial charge is 0.410 e. The lowest BCUT2D eigenvalue weighted by molar-refractivity contribution is -0.001000. The molecule has 0 aliphatic heterocycles. The number of diazo groups is 2. The molecule has 31 nitrogen and oxygen atoms in total. The van der Waals surface area contributed by atoms with Crippen LogP contribution in [-0.4, -0.2) is 98.1 Å². The number of fused-ring (bicyclic) bond motifs is 5. The van der Waals surface area contributed by atoms with Crippen LogP contribution in [0.2, 0.25) is 0 Å². The zero-order chi connectivity index (χ0) is 75.6. The molecule has 0 bridgehead atoms. The van der Waals surface area contributed by atoms with Crippen molar-refractivity contribution in [2.24, 2.45) is 10.2 Å². The Kier molecular flexibility index (Phi) is 26.2. The van der Waals surface area contributed by atoms with Gasteiger partial charge in [-0.05, 0) is 182 Å². The highest BCUT2D eigenvalue weighted by Gasteiger charge is 2.22. The molecular formula is C69H62Cl2N14O17S4. The van der Waals surface area contributed by atoms with Crippen LogP contribution in [0, 0.1) is 31.6 Å². The lowest BCUT2D eigenvalue weighted by Crippen LogP contribution is -3.00. The summed E-state index contributed by atoms with van der Waals surface area (Å²) in [6, 6.07) is 53.6. The fourth-order valence-electron chi connectivity index (χ4n) is 10.1. The highest BCUT2D eigenvalue weighted by molar-refractivity contribution is 8.19. The Morgan fingerprint density at radius 3 is 1.45 bits per heavy atom. The van der Waals surface area contributed by atoms with Crippen LogP contribution in [0.25, 0.3) is 75.4 Å². The summed E-state index contributed by atoms with van der Waals surface area (Å²) < 4.78 is 120. The van der Waals surface area contributed by atoms with Gasteiger partial charge in [-0.25, -0.2) is 14.3 Å². The zero-order valence-corrected chi connectivity index (χ0v) is 59.9. The lowest BCUT2D eigenvalue weighted by Gasteiger charge is -2.20. The average Bonchev–Trinajstić information content (AvgIpc) is 1.73. The largest absolute Gasteiger partial charge is 1.00 e. The van der Waals surface area contributed by atoms with Crippen LogP contribution >= 0.6 is 21.7 Å². The molecule has 0 aliphatic carbocycles. The second-order valence-electron chi connectivity index (χ2n) is 22.4. The fraction of sp³-hybridized carbons (Fsp3) is 0.0435. The first-order valence-corrected chi connectivity index (χ1v) is 35.8. The van der Waals surface area contributed by atoms with E-state index in [1.165, 1.54) is 95.7 Å². The van der Waals surface area contributed by atoms with E-state index in [2.05, 4.69) is 40.3 Å². The van der Waals surface area contributed by atoms with Gasteiger partial charge in [0.05, 0.1) is 53.5 Å². The predicted octanol–water partition coefficient (Wildman–Crippen LogP) is 9.89. The molecule has 0 aliphatic rings. The maximum absolute atomic E-state index is 12.8. The molecule has 14 rings (SSSR count). The number of aromatic nitrogens is 6. The quantitative estimate of drug-likeness (QED) is 0.0291. The molecule has 0 atom stereocenters. The van der Waals surface area contributed by atoms with E-state index < -0.39 is 47.5 Å². The molecule has 0 fully saturated rings. The Morgan fingerprint density at radius 1 is 0.462 bits per heavy atom. The number of benzene rings is 10. The molecular weight excluding hydrogens is 1500 g/mol. The van der Waals surface area contributed by atoms with E-state index in [4.69, 9.17) is 45.0 Å². The van der Waals surface area contributed by atoms with Gasteiger partial charge in [-0.3, -0.25) is 33.9 Å². The molecule has 10 aromatic carbocycles. The number of aromatic hydroxyl groups is 3. The maximum Gasteiger partial charge on any atom is 0.410 e. The summed E-state index contributed by atoms with van der Waals surface area (Å²) >= 11 is 0. The van der Waals surface area contributed by atoms with Gasteiger partial charge >= 0.3 is 11.4 Å². The molecule has 37 heteroatoms. The highest BCUT2D eigenvalue weighted by atomic mass is 35.5. The van der Waals surface area contributed by atoms with Crippen LogP contribution in [0.5, 0.6) is 17.2 Å². The van der Waals surface area contributed by atoms with Gasteiger partial charge in [0.1, 0.15) is 39.0 Å². The lowest BCUT2D eigenvalue weighted by atomic mass is 10.1. The molecule has 0 unspecified atom stereocenters. The monoisotopic (exact) mass is 1560 g/mol. The molecule has 0 spiro atoms. The molecule has 14 aromatic rings. The number of aryl methyl sites for hydroxylation is 3. The van der Waals surface area contributed by atoms with Gasteiger partial charge in [0.2, 0.25) is 10.8 Å². The van der Waals surface area contributed by atoms with Crippen molar-refractivity contribution < 1.29 is 93.4 Å². The number of nitrogens with one attached hydrogen (secondary N) is 2. The Morgan fingerprint density at radius 2 is 0.943 bits per heavy atom. The van der Waals surface area contributed by atoms with Crippen LogP contribution in [0.3, 0.4) is 0 Å². The van der Waals surface area contributed by atoms with Gasteiger partial charge in [-0.1, -0.05) is 42.5 Å². The number of H-pyrrole nitrogens is 2. The van der Waals surface area contributed by atoms with Crippen molar-refractivity contribution in [3.8, 4) is 28.6 Å². The number of hydrogen-bond donors (Lipinski definition) is 15. The number of nitrogen functional groups attached to an aromatic ring is 2. The van der Waals surface area contributed by atoms with Crippen molar-refractivity contribution >= 4 is 130 Å². The van der Waals surface area contributed by atoms with Crippen molar-refractivity contribution in [2.45, 2.75) is 40.4 Å². The van der Waals surface area contributed by atoms with E-state index in [1.807, 2.05) is 79.7 Å². The van der Waals surface area contributed by atoms with Gasteiger partial charge in [0, 0.05) is 75.0 Å². The van der Waals surface area contributed by atoms with Crippen LogP contribution in [0.4, 0.5) is 34.1 Å². The number of pyridine rings is 2. The average molecular weight is 1560 g/mol. The van der Waals surface area contributed by atoms with E-state index in [-0.39, 0.29) is 78.5 Å². The summed E-state index contributed by atoms with van der Waals surface area (Å²) in [5.74, 6) is -0.152. The number of anilines is 2. The predicted molar refractivity (Wildman–Crippen MR) is 397 cm³/mol. The minimum Gasteiger partial charge on any atom is -1.00 e. The number of azo groups is 1. The van der Waals surface area contributed by atoms with E-state index >= 15 is 0 Å². The standard InChI is InChI=1S/C20H18N4O8S2.C11H11NO.C10H10N2O4S.C10H8N2O4S.C9H6N3.C9H8N2.2ClH/c1-11-19(20(26)24(23-11)14-3-5-15(6-4-14)33(27,28)29)22-21-13-2-7-17-12(8-13)9-16(10-18(17)25)34(30,31)32;1-7-4-8-6-9(12)2-3-10(8)11(13)5-7;1-7-6-10(13)12(11-7)8-2-4-9(5-3-8)17(14,15)16;11-12-7-1-2-9-6(3-7)4-8(5-10(9)13)17(14,15)16;10-12-8-5-1-3-7-4-2-6-11-9(7)8;10-8-5-1-3-7-4-2-6-11-9(7)8;;/h2-10,23,25,30-32H,1H3,(H,27,28,29);2-6,13H,12H2,1H3;2-6,11H,1H3,(H,14,15,16);1-5H,(H3-,13,14,15,16);1-6H;1-6H,10H2;2*1H/q;;;;+1;;;/p-1. The fourth-order valence-corrected chi connectivity index (χ4v) is 12.1. The zero-order valence-electron chi connectivity index (χ0n) is 55.2. The molecule has 0 saturated heterocycles. The molecule has 548 valence electrons. The first kappa shape index (κ1) is 81.4. The summed E-state index contributed by atoms with van der Waals surface area (Å²) in [6.07, 6.45) is 3.43. The van der Waals surface area contributed by atoms with Gasteiger partial charge < -0.3 is 78.9 Å². The van der Waals surface area contributed by atoms with E-state index in [0.29, 0.717) is 55.7 Å². The number of aromatic amines is 2. The van der Waals surface area contributed by atoms with Crippen LogP contribution in [-0.2, 0) is 20.2 Å². The summed E-state index contributed by atoms with van der Waals surface area (Å²) in [4.78, 5) is 37.7. The van der Waals surface area contributed by atoms with Gasteiger partial charge in [-0.15, -0.1) is 5.11 Å². The first-order chi connectivity index (χ1) is 49.1. The van der Waals surface area contributed by atoms with Crippen molar-refractivity contribution in [3.05, 3.63) is 266 Å². The molecule has 17 N–H and O–H groups in total. The number of rotatable bonds is 8. The SMILES string of the molecule is Cc1[nH]n(-c2ccc(S(=O)(=O)O)cc2)c(=O)c1N=Nc1ccc2c(O)cc(S(O)(O)O)cc2c1.Cc1cc(=O)n(-c2ccc(S(=O)(=O)O)cc2)[nH]1.Cc1cc(O)c2ccc(N)cc2c1.N#[N+]c1ccc2c(O)cc(S(O)(O)O)cc2c1.N#[N+]c1cccc2cccnc12.Nc1cccc2cccnc12.[Cl-].[Cl-]. The van der Waals surface area contributed by atoms with Crippen molar-refractivity contribution in [2.75, 3.05) is 11.5 Å². The number of para-hydroxylation sites is 2. The minimum atomic E-state index is -4.37. The van der Waals surface area contributed by atoms with E-state index in [9.17, 15) is 55.4 Å². The summed E-state index contributed by atoms with van der Waals surface area (Å²) in [5.41, 5.74) is 17.6. The third kappa shape index (κ3) is 20.3. The molecule has 0 radical (unpaired) electrons. The molecule has 4 aromatic heterocycles. The number of hydrogen-bond acceptors (Lipinski definition) is 23. The summed E-state index contributed by atoms with van der Waals surface area (Å²) in [5, 5.41) is 65.7. The molecule has 0 amide bonds. The normalized spacial score (nSPS) is 11.5. The second kappa shape index (κ2) is 34.1. The van der Waals surface area contributed by atoms with Crippen molar-refractivity contribution in [3.63, 3.8) is 0 Å². The Hall–Kier alpha value is -11.9. The van der Waals surface area contributed by atoms with E-state index in [1.54, 1.807) is 44.4 Å². The molecule has 106 heavy (non-hydrogen) atoms. The van der Waals surface area contributed by atoms with E-state index in [0.717, 1.165) is 78.5 Å². The molecule has 4 heterocycles. The Labute approximate surface area is 617 Å². The van der Waals surface area contributed by atoms with Crippen LogP contribution in [0.1, 0.15) is 17.0 Å². The highest BCUT2D eigenvalue weighted by Crippen LogP contribution is 2.48. The third-order valence-corrected chi connectivity index (χ3v) is 18.4. The summed E-state index contributed by atoms with van der Waals surface area (Å²) in [6.45, 7) is 5.28. The number of halogens is 2. The topological polar surface area (TPSA) is 525 Å². The maximum atomic E-state index is 12.8. The number of nitrogens with two attached hydrogens (primary N) is 2. The minimum absolute atomic E-state index is 0. The van der Waals surface area contributed by atoms with Gasteiger partial charge in [0.25, 0.3) is 31.4 Å². The van der Waals surface area contributed by atoms with Crippen molar-refractivity contribution in [1.29, 1.82) is 10.8 Å². The Bertz CT molecular complexity index is 6050. The first-order valence-electron chi connectivity index (χ1n) is 29.9.